The molecule has 0 aliphatic heterocycles. The van der Waals surface area contributed by atoms with Crippen LogP contribution in [0.4, 0.5) is 0 Å². The minimum atomic E-state index is 0.861. The van der Waals surface area contributed by atoms with Crippen molar-refractivity contribution in [2.24, 2.45) is 7.05 Å². The lowest BCUT2D eigenvalue weighted by Crippen LogP contribution is -2.03. The van der Waals surface area contributed by atoms with Gasteiger partial charge in [-0.2, -0.15) is 0 Å². The SMILES string of the molecule is Cn1ccc(C2CCCCC2)c1. The lowest BCUT2D eigenvalue weighted by Gasteiger charge is -2.20. The predicted molar refractivity (Wildman–Crippen MR) is 51.2 cm³/mol. The Morgan fingerprint density at radius 2 is 2.00 bits per heavy atom. The lowest BCUT2D eigenvalue weighted by atomic mass is 9.85. The molecule has 1 aromatic heterocycles. The van der Waals surface area contributed by atoms with Crippen LogP contribution in [0.5, 0.6) is 0 Å². The van der Waals surface area contributed by atoms with E-state index in [0.29, 0.717) is 0 Å². The molecule has 1 heterocycles. The Bertz CT molecular complexity index is 243. The molecule has 2 rings (SSSR count). The second-order valence-corrected chi connectivity index (χ2v) is 3.95. The van der Waals surface area contributed by atoms with Crippen molar-refractivity contribution in [2.75, 3.05) is 0 Å². The van der Waals surface area contributed by atoms with E-state index in [2.05, 4.69) is 30.1 Å². The molecule has 0 saturated heterocycles. The third kappa shape index (κ3) is 1.55. The normalized spacial score (nSPS) is 19.8. The zero-order valence-electron chi connectivity index (χ0n) is 7.79. The first-order valence-electron chi connectivity index (χ1n) is 4.98. The highest BCUT2D eigenvalue weighted by atomic mass is 14.9. The monoisotopic (exact) mass is 163 g/mol. The fourth-order valence-corrected chi connectivity index (χ4v) is 2.20. The van der Waals surface area contributed by atoms with Crippen LogP contribution in [0.2, 0.25) is 0 Å². The fourth-order valence-electron chi connectivity index (χ4n) is 2.20. The van der Waals surface area contributed by atoms with E-state index >= 15 is 0 Å². The molecular formula is C11H17N. The van der Waals surface area contributed by atoms with Crippen LogP contribution < -0.4 is 0 Å². The van der Waals surface area contributed by atoms with Crippen LogP contribution in [-0.2, 0) is 7.05 Å². The van der Waals surface area contributed by atoms with Gasteiger partial charge in [0.2, 0.25) is 0 Å². The average Bonchev–Trinajstić information content (AvgIpc) is 2.54. The molecule has 1 aromatic rings. The van der Waals surface area contributed by atoms with Gasteiger partial charge in [0.05, 0.1) is 0 Å². The summed E-state index contributed by atoms with van der Waals surface area (Å²) >= 11 is 0. The van der Waals surface area contributed by atoms with Crippen LogP contribution in [0.15, 0.2) is 18.5 Å². The van der Waals surface area contributed by atoms with Crippen molar-refractivity contribution in [3.63, 3.8) is 0 Å². The number of rotatable bonds is 1. The van der Waals surface area contributed by atoms with Crippen molar-refractivity contribution in [1.29, 1.82) is 0 Å². The highest BCUT2D eigenvalue weighted by Gasteiger charge is 2.15. The molecule has 1 aliphatic rings. The number of aryl methyl sites for hydroxylation is 1. The van der Waals surface area contributed by atoms with E-state index < -0.39 is 0 Å². The molecule has 1 heteroatoms. The second kappa shape index (κ2) is 3.34. The summed E-state index contributed by atoms with van der Waals surface area (Å²) in [5.41, 5.74) is 1.55. The summed E-state index contributed by atoms with van der Waals surface area (Å²) in [5.74, 6) is 0.861. The highest BCUT2D eigenvalue weighted by Crippen LogP contribution is 2.32. The van der Waals surface area contributed by atoms with Gasteiger partial charge in [-0.1, -0.05) is 19.3 Å². The van der Waals surface area contributed by atoms with E-state index in [1.807, 2.05) is 0 Å². The third-order valence-corrected chi connectivity index (χ3v) is 2.93. The van der Waals surface area contributed by atoms with E-state index in [9.17, 15) is 0 Å². The maximum atomic E-state index is 2.27. The summed E-state index contributed by atoms with van der Waals surface area (Å²) < 4.78 is 2.16. The van der Waals surface area contributed by atoms with Crippen molar-refractivity contribution in [2.45, 2.75) is 38.0 Å². The highest BCUT2D eigenvalue weighted by molar-refractivity contribution is 5.16. The molecule has 1 nitrogen and oxygen atoms in total. The summed E-state index contributed by atoms with van der Waals surface area (Å²) in [6.45, 7) is 0. The topological polar surface area (TPSA) is 4.93 Å². The van der Waals surface area contributed by atoms with Gasteiger partial charge in [0, 0.05) is 19.4 Å². The van der Waals surface area contributed by atoms with Crippen molar-refractivity contribution in [3.8, 4) is 0 Å². The van der Waals surface area contributed by atoms with E-state index in [-0.39, 0.29) is 0 Å². The molecule has 12 heavy (non-hydrogen) atoms. The number of aromatic nitrogens is 1. The predicted octanol–water partition coefficient (Wildman–Crippen LogP) is 3.07. The fraction of sp³-hybridized carbons (Fsp3) is 0.636. The zero-order chi connectivity index (χ0) is 8.39. The number of hydrogen-bond donors (Lipinski definition) is 0. The molecular weight excluding hydrogens is 146 g/mol. The molecule has 0 amide bonds. The van der Waals surface area contributed by atoms with E-state index in [0.717, 1.165) is 5.92 Å². The van der Waals surface area contributed by atoms with Crippen LogP contribution in [0.3, 0.4) is 0 Å². The first-order valence-corrected chi connectivity index (χ1v) is 4.98. The van der Waals surface area contributed by atoms with E-state index in [4.69, 9.17) is 0 Å². The maximum absolute atomic E-state index is 2.27. The molecule has 66 valence electrons. The van der Waals surface area contributed by atoms with Gasteiger partial charge in [-0.3, -0.25) is 0 Å². The Labute approximate surface area is 74.4 Å². The summed E-state index contributed by atoms with van der Waals surface area (Å²) in [7, 11) is 2.10. The van der Waals surface area contributed by atoms with Gasteiger partial charge in [-0.05, 0) is 30.4 Å². The van der Waals surface area contributed by atoms with Gasteiger partial charge < -0.3 is 4.57 Å². The Kier molecular flexibility index (Phi) is 2.20. The molecule has 1 fully saturated rings. The zero-order valence-corrected chi connectivity index (χ0v) is 7.79. The average molecular weight is 163 g/mol. The Hall–Kier alpha value is -0.720. The molecule has 0 bridgehead atoms. The Morgan fingerprint density at radius 3 is 2.58 bits per heavy atom. The first kappa shape index (κ1) is 7.90. The molecule has 0 unspecified atom stereocenters. The van der Waals surface area contributed by atoms with Crippen LogP contribution >= 0.6 is 0 Å². The first-order chi connectivity index (χ1) is 5.86. The van der Waals surface area contributed by atoms with Gasteiger partial charge >= 0.3 is 0 Å². The van der Waals surface area contributed by atoms with Gasteiger partial charge in [0.1, 0.15) is 0 Å². The molecule has 0 radical (unpaired) electrons. The molecule has 1 aliphatic carbocycles. The summed E-state index contributed by atoms with van der Waals surface area (Å²) in [6, 6.07) is 2.27. The van der Waals surface area contributed by atoms with Crippen LogP contribution in [0, 0.1) is 0 Å². The smallest absolute Gasteiger partial charge is 0.0106 e. The summed E-state index contributed by atoms with van der Waals surface area (Å²) in [4.78, 5) is 0. The summed E-state index contributed by atoms with van der Waals surface area (Å²) in [5, 5.41) is 0. The number of hydrogen-bond acceptors (Lipinski definition) is 0. The minimum Gasteiger partial charge on any atom is -0.357 e. The standard InChI is InChI=1S/C11H17N/c1-12-8-7-11(9-12)10-5-3-2-4-6-10/h7-10H,2-6H2,1H3. The van der Waals surface area contributed by atoms with Crippen molar-refractivity contribution >= 4 is 0 Å². The van der Waals surface area contributed by atoms with E-state index in [1.54, 1.807) is 5.56 Å². The Morgan fingerprint density at radius 1 is 1.25 bits per heavy atom. The second-order valence-electron chi connectivity index (χ2n) is 3.95. The van der Waals surface area contributed by atoms with Gasteiger partial charge in [0.25, 0.3) is 0 Å². The van der Waals surface area contributed by atoms with Gasteiger partial charge in [0.15, 0.2) is 0 Å². The molecule has 0 spiro atoms. The lowest BCUT2D eigenvalue weighted by molar-refractivity contribution is 0.443. The largest absolute Gasteiger partial charge is 0.357 e. The summed E-state index contributed by atoms with van der Waals surface area (Å²) in [6.07, 6.45) is 11.6. The van der Waals surface area contributed by atoms with Crippen LogP contribution in [-0.4, -0.2) is 4.57 Å². The van der Waals surface area contributed by atoms with Gasteiger partial charge in [-0.25, -0.2) is 0 Å². The van der Waals surface area contributed by atoms with Crippen LogP contribution in [0.1, 0.15) is 43.6 Å². The van der Waals surface area contributed by atoms with Crippen LogP contribution in [0.25, 0.3) is 0 Å². The molecule has 0 atom stereocenters. The van der Waals surface area contributed by atoms with Crippen molar-refractivity contribution in [3.05, 3.63) is 24.0 Å². The van der Waals surface area contributed by atoms with Gasteiger partial charge in [-0.15, -0.1) is 0 Å². The third-order valence-electron chi connectivity index (χ3n) is 2.93. The molecule has 1 saturated carbocycles. The van der Waals surface area contributed by atoms with Crippen molar-refractivity contribution in [1.82, 2.24) is 4.57 Å². The van der Waals surface area contributed by atoms with E-state index in [1.165, 1.54) is 32.1 Å². The maximum Gasteiger partial charge on any atom is 0.0106 e. The molecule has 0 aromatic carbocycles. The minimum absolute atomic E-state index is 0.861. The van der Waals surface area contributed by atoms with Crippen molar-refractivity contribution < 1.29 is 0 Å². The molecule has 0 N–H and O–H groups in total. The number of nitrogens with zero attached hydrogens (tertiary/aromatic N) is 1. The quantitative estimate of drug-likeness (QED) is 0.599. The Balaban J connectivity index is 2.08.